The highest BCUT2D eigenvalue weighted by Crippen LogP contribution is 2.14. The average molecular weight is 249 g/mol. The van der Waals surface area contributed by atoms with Crippen molar-refractivity contribution in [3.05, 3.63) is 23.9 Å². The van der Waals surface area contributed by atoms with E-state index in [0.29, 0.717) is 13.1 Å². The number of amides is 1. The van der Waals surface area contributed by atoms with E-state index in [2.05, 4.69) is 22.9 Å². The molecule has 1 aliphatic rings. The van der Waals surface area contributed by atoms with Crippen molar-refractivity contribution in [1.82, 2.24) is 9.88 Å². The number of pyridine rings is 1. The van der Waals surface area contributed by atoms with Crippen LogP contribution in [0.5, 0.6) is 0 Å². The lowest BCUT2D eigenvalue weighted by Crippen LogP contribution is -2.49. The third-order valence-electron chi connectivity index (χ3n) is 3.31. The third-order valence-corrected chi connectivity index (χ3v) is 3.31. The molecule has 1 fully saturated rings. The molecule has 18 heavy (non-hydrogen) atoms. The van der Waals surface area contributed by atoms with Crippen LogP contribution in [0.3, 0.4) is 0 Å². The molecule has 0 radical (unpaired) electrons. The molecule has 1 aliphatic heterocycles. The minimum atomic E-state index is -0.399. The van der Waals surface area contributed by atoms with Gasteiger partial charge >= 0.3 is 0 Å². The second-order valence-electron chi connectivity index (χ2n) is 4.40. The van der Waals surface area contributed by atoms with Gasteiger partial charge in [-0.15, -0.1) is 0 Å². The number of rotatable bonds is 3. The SMILES string of the molecule is CCc1ccc(N2CCN(C(=O)CO)CC2)nc1. The molecule has 0 spiro atoms. The number of aryl methyl sites for hydroxylation is 1. The standard InChI is InChI=1S/C13H19N3O2/c1-2-11-3-4-12(14-9-11)15-5-7-16(8-6-15)13(18)10-17/h3-4,9,17H,2,5-8,10H2,1H3. The highest BCUT2D eigenvalue weighted by atomic mass is 16.3. The Labute approximate surface area is 107 Å². The van der Waals surface area contributed by atoms with Gasteiger partial charge < -0.3 is 14.9 Å². The lowest BCUT2D eigenvalue weighted by atomic mass is 10.2. The monoisotopic (exact) mass is 249 g/mol. The predicted octanol–water partition coefficient (Wildman–Crippen LogP) is 0.285. The molecule has 2 heterocycles. The Morgan fingerprint density at radius 1 is 1.33 bits per heavy atom. The third kappa shape index (κ3) is 2.79. The summed E-state index contributed by atoms with van der Waals surface area (Å²) in [5, 5.41) is 8.81. The van der Waals surface area contributed by atoms with E-state index in [-0.39, 0.29) is 5.91 Å². The summed E-state index contributed by atoms with van der Waals surface area (Å²) in [6.45, 7) is 4.54. The van der Waals surface area contributed by atoms with Gasteiger partial charge in [-0.2, -0.15) is 0 Å². The first-order valence-corrected chi connectivity index (χ1v) is 6.33. The molecule has 5 heteroatoms. The fourth-order valence-corrected chi connectivity index (χ4v) is 2.10. The van der Waals surface area contributed by atoms with E-state index in [1.54, 1.807) is 4.90 Å². The van der Waals surface area contributed by atoms with Gasteiger partial charge in [0, 0.05) is 32.4 Å². The second kappa shape index (κ2) is 5.82. The van der Waals surface area contributed by atoms with Crippen LogP contribution in [0.15, 0.2) is 18.3 Å². The fraction of sp³-hybridized carbons (Fsp3) is 0.538. The van der Waals surface area contributed by atoms with E-state index in [1.165, 1.54) is 5.56 Å². The van der Waals surface area contributed by atoms with Crippen LogP contribution in [-0.2, 0) is 11.2 Å². The van der Waals surface area contributed by atoms with Crippen molar-refractivity contribution in [2.75, 3.05) is 37.7 Å². The molecule has 98 valence electrons. The van der Waals surface area contributed by atoms with Gasteiger partial charge in [0.05, 0.1) is 0 Å². The normalized spacial score (nSPS) is 15.9. The fourth-order valence-electron chi connectivity index (χ4n) is 2.10. The van der Waals surface area contributed by atoms with Crippen LogP contribution < -0.4 is 4.90 Å². The Morgan fingerprint density at radius 3 is 2.56 bits per heavy atom. The Hall–Kier alpha value is -1.62. The molecule has 1 aromatic heterocycles. The van der Waals surface area contributed by atoms with E-state index >= 15 is 0 Å². The number of hydrogen-bond donors (Lipinski definition) is 1. The zero-order valence-corrected chi connectivity index (χ0v) is 10.7. The Morgan fingerprint density at radius 2 is 2.06 bits per heavy atom. The van der Waals surface area contributed by atoms with Gasteiger partial charge in [0.15, 0.2) is 0 Å². The van der Waals surface area contributed by atoms with Crippen LogP contribution in [0, 0.1) is 0 Å². The number of aliphatic hydroxyl groups is 1. The van der Waals surface area contributed by atoms with Gasteiger partial charge in [0.25, 0.3) is 0 Å². The van der Waals surface area contributed by atoms with Crippen LogP contribution >= 0.6 is 0 Å². The molecule has 0 bridgehead atoms. The van der Waals surface area contributed by atoms with E-state index in [4.69, 9.17) is 5.11 Å². The molecular formula is C13H19N3O2. The number of nitrogens with zero attached hydrogens (tertiary/aromatic N) is 3. The van der Waals surface area contributed by atoms with Crippen LogP contribution in [0.4, 0.5) is 5.82 Å². The highest BCUT2D eigenvalue weighted by Gasteiger charge is 2.20. The minimum absolute atomic E-state index is 0.191. The number of aromatic nitrogens is 1. The van der Waals surface area contributed by atoms with Crippen LogP contribution in [0.25, 0.3) is 0 Å². The molecule has 0 saturated carbocycles. The Balaban J connectivity index is 1.94. The Bertz CT molecular complexity index is 397. The maximum absolute atomic E-state index is 11.3. The molecule has 1 aromatic rings. The van der Waals surface area contributed by atoms with Crippen LogP contribution in [0.1, 0.15) is 12.5 Å². The second-order valence-corrected chi connectivity index (χ2v) is 4.40. The molecule has 1 N–H and O–H groups in total. The summed E-state index contributed by atoms with van der Waals surface area (Å²) in [6, 6.07) is 4.12. The highest BCUT2D eigenvalue weighted by molar-refractivity contribution is 5.77. The van der Waals surface area contributed by atoms with Crippen molar-refractivity contribution in [2.24, 2.45) is 0 Å². The summed E-state index contributed by atoms with van der Waals surface area (Å²) in [4.78, 5) is 19.6. The van der Waals surface area contributed by atoms with Gasteiger partial charge in [-0.1, -0.05) is 13.0 Å². The van der Waals surface area contributed by atoms with Crippen molar-refractivity contribution in [2.45, 2.75) is 13.3 Å². The quantitative estimate of drug-likeness (QED) is 0.836. The molecule has 0 atom stereocenters. The molecule has 2 rings (SSSR count). The lowest BCUT2D eigenvalue weighted by molar-refractivity contribution is -0.134. The molecule has 0 unspecified atom stereocenters. The van der Waals surface area contributed by atoms with Crippen LogP contribution in [-0.4, -0.2) is 53.7 Å². The molecule has 5 nitrogen and oxygen atoms in total. The van der Waals surface area contributed by atoms with Crippen molar-refractivity contribution in [3.63, 3.8) is 0 Å². The van der Waals surface area contributed by atoms with Gasteiger partial charge in [-0.05, 0) is 18.1 Å². The zero-order chi connectivity index (χ0) is 13.0. The predicted molar refractivity (Wildman–Crippen MR) is 69.5 cm³/mol. The summed E-state index contributed by atoms with van der Waals surface area (Å²) in [5.74, 6) is 0.771. The topological polar surface area (TPSA) is 56.7 Å². The number of piperazine rings is 1. The number of hydrogen-bond acceptors (Lipinski definition) is 4. The zero-order valence-electron chi connectivity index (χ0n) is 10.7. The number of carbonyl (C=O) groups is 1. The largest absolute Gasteiger partial charge is 0.387 e. The maximum Gasteiger partial charge on any atom is 0.248 e. The van der Waals surface area contributed by atoms with Gasteiger partial charge in [-0.3, -0.25) is 4.79 Å². The molecule has 0 aromatic carbocycles. The van der Waals surface area contributed by atoms with Crippen LogP contribution in [0.2, 0.25) is 0 Å². The van der Waals surface area contributed by atoms with Crippen molar-refractivity contribution >= 4 is 11.7 Å². The van der Waals surface area contributed by atoms with Crippen molar-refractivity contribution in [3.8, 4) is 0 Å². The van der Waals surface area contributed by atoms with E-state index < -0.39 is 6.61 Å². The van der Waals surface area contributed by atoms with E-state index in [9.17, 15) is 4.79 Å². The van der Waals surface area contributed by atoms with Crippen molar-refractivity contribution in [1.29, 1.82) is 0 Å². The molecule has 1 amide bonds. The lowest BCUT2D eigenvalue weighted by Gasteiger charge is -2.35. The molecule has 0 aliphatic carbocycles. The van der Waals surface area contributed by atoms with E-state index in [0.717, 1.165) is 25.3 Å². The number of carbonyl (C=O) groups excluding carboxylic acids is 1. The summed E-state index contributed by atoms with van der Waals surface area (Å²) < 4.78 is 0. The summed E-state index contributed by atoms with van der Waals surface area (Å²) in [6.07, 6.45) is 2.90. The average Bonchev–Trinajstić information content (AvgIpc) is 2.47. The molecular weight excluding hydrogens is 230 g/mol. The molecule has 1 saturated heterocycles. The summed E-state index contributed by atoms with van der Waals surface area (Å²) in [5.41, 5.74) is 1.23. The number of aliphatic hydroxyl groups excluding tert-OH is 1. The maximum atomic E-state index is 11.3. The van der Waals surface area contributed by atoms with Gasteiger partial charge in [0.1, 0.15) is 12.4 Å². The first-order valence-electron chi connectivity index (χ1n) is 6.33. The first kappa shape index (κ1) is 12.8. The van der Waals surface area contributed by atoms with Crippen molar-refractivity contribution < 1.29 is 9.90 Å². The summed E-state index contributed by atoms with van der Waals surface area (Å²) >= 11 is 0. The summed E-state index contributed by atoms with van der Waals surface area (Å²) in [7, 11) is 0. The minimum Gasteiger partial charge on any atom is -0.387 e. The number of anilines is 1. The Kier molecular flexibility index (Phi) is 4.15. The van der Waals surface area contributed by atoms with Gasteiger partial charge in [0.2, 0.25) is 5.91 Å². The van der Waals surface area contributed by atoms with Gasteiger partial charge in [-0.25, -0.2) is 4.98 Å². The first-order chi connectivity index (χ1) is 8.74. The smallest absolute Gasteiger partial charge is 0.248 e. The van der Waals surface area contributed by atoms with E-state index in [1.807, 2.05) is 12.3 Å².